The molecule has 2 fully saturated rings. The molecule has 25 heavy (non-hydrogen) atoms. The number of rotatable bonds is 3. The van der Waals surface area contributed by atoms with E-state index in [0.717, 1.165) is 23.5 Å². The number of nitrogens with one attached hydrogen (secondary N) is 1. The summed E-state index contributed by atoms with van der Waals surface area (Å²) >= 11 is 1.64. The minimum Gasteiger partial charge on any atom is -0.349 e. The Morgan fingerprint density at radius 1 is 1.28 bits per heavy atom. The van der Waals surface area contributed by atoms with E-state index >= 15 is 0 Å². The van der Waals surface area contributed by atoms with Crippen molar-refractivity contribution in [2.75, 3.05) is 0 Å². The molecule has 0 radical (unpaired) electrons. The highest BCUT2D eigenvalue weighted by atomic mass is 35.5. The number of halogens is 2. The Bertz CT molecular complexity index is 559. The normalized spacial score (nSPS) is 28.5. The van der Waals surface area contributed by atoms with Crippen LogP contribution < -0.4 is 11.1 Å². The summed E-state index contributed by atoms with van der Waals surface area (Å²) in [4.78, 5) is 17.2. The molecule has 2 aliphatic rings. The SMILES string of the molecule is CC(C)(C)c1csc(CNC(=O)C2CC3CCCC(C2)C3N)n1.Cl.Cl. The van der Waals surface area contributed by atoms with Gasteiger partial charge in [0.25, 0.3) is 0 Å². The van der Waals surface area contributed by atoms with Crippen molar-refractivity contribution in [3.63, 3.8) is 0 Å². The van der Waals surface area contributed by atoms with E-state index in [-0.39, 0.29) is 42.1 Å². The molecule has 144 valence electrons. The van der Waals surface area contributed by atoms with Crippen LogP contribution in [0.4, 0.5) is 0 Å². The lowest BCUT2D eigenvalue weighted by Crippen LogP contribution is -2.49. The van der Waals surface area contributed by atoms with Crippen LogP contribution in [0.25, 0.3) is 0 Å². The van der Waals surface area contributed by atoms with Gasteiger partial charge in [0, 0.05) is 22.8 Å². The van der Waals surface area contributed by atoms with E-state index in [4.69, 9.17) is 5.73 Å². The first kappa shape index (κ1) is 22.7. The number of carbonyl (C=O) groups is 1. The maximum Gasteiger partial charge on any atom is 0.223 e. The lowest BCUT2D eigenvalue weighted by Gasteiger charge is -2.43. The minimum atomic E-state index is 0. The third-order valence-corrected chi connectivity index (χ3v) is 6.37. The molecule has 7 heteroatoms. The number of nitrogens with two attached hydrogens (primary N) is 1. The Hall–Kier alpha value is -0.360. The lowest BCUT2D eigenvalue weighted by molar-refractivity contribution is -0.128. The van der Waals surface area contributed by atoms with E-state index in [9.17, 15) is 4.79 Å². The summed E-state index contributed by atoms with van der Waals surface area (Å²) in [6.07, 6.45) is 5.61. The van der Waals surface area contributed by atoms with Crippen LogP contribution in [-0.2, 0) is 16.8 Å². The second kappa shape index (κ2) is 9.03. The number of hydrogen-bond donors (Lipinski definition) is 2. The molecular weight excluding hydrogens is 377 g/mol. The summed E-state index contributed by atoms with van der Waals surface area (Å²) in [5, 5.41) is 6.20. The predicted octanol–water partition coefficient (Wildman–Crippen LogP) is 4.05. The third-order valence-electron chi connectivity index (χ3n) is 5.52. The largest absolute Gasteiger partial charge is 0.349 e. The van der Waals surface area contributed by atoms with Crippen LogP contribution >= 0.6 is 36.2 Å². The topological polar surface area (TPSA) is 68.0 Å². The molecule has 2 aliphatic carbocycles. The van der Waals surface area contributed by atoms with Crippen molar-refractivity contribution in [1.82, 2.24) is 10.3 Å². The molecule has 1 aromatic heterocycles. The quantitative estimate of drug-likeness (QED) is 0.793. The molecule has 0 aromatic carbocycles. The van der Waals surface area contributed by atoms with Gasteiger partial charge in [0.2, 0.25) is 5.91 Å². The van der Waals surface area contributed by atoms with Crippen molar-refractivity contribution < 1.29 is 4.79 Å². The van der Waals surface area contributed by atoms with Gasteiger partial charge in [-0.15, -0.1) is 36.2 Å². The molecule has 2 saturated carbocycles. The summed E-state index contributed by atoms with van der Waals surface area (Å²) in [6.45, 7) is 7.04. The van der Waals surface area contributed by atoms with E-state index < -0.39 is 0 Å². The molecule has 0 aliphatic heterocycles. The summed E-state index contributed by atoms with van der Waals surface area (Å²) in [5.74, 6) is 1.43. The van der Waals surface area contributed by atoms with Crippen molar-refractivity contribution in [2.45, 2.75) is 70.9 Å². The van der Waals surface area contributed by atoms with Gasteiger partial charge >= 0.3 is 0 Å². The van der Waals surface area contributed by atoms with Crippen LogP contribution in [0.1, 0.15) is 63.6 Å². The molecule has 2 atom stereocenters. The molecule has 3 rings (SSSR count). The van der Waals surface area contributed by atoms with Crippen molar-refractivity contribution in [1.29, 1.82) is 0 Å². The molecule has 1 aromatic rings. The predicted molar refractivity (Wildman–Crippen MR) is 109 cm³/mol. The Labute approximate surface area is 167 Å². The van der Waals surface area contributed by atoms with Gasteiger partial charge in [-0.05, 0) is 37.5 Å². The van der Waals surface area contributed by atoms with Gasteiger partial charge in [-0.3, -0.25) is 4.79 Å². The number of amides is 1. The molecule has 4 nitrogen and oxygen atoms in total. The number of nitrogens with zero attached hydrogens (tertiary/aromatic N) is 1. The van der Waals surface area contributed by atoms with E-state index in [1.54, 1.807) is 11.3 Å². The number of thiazole rings is 1. The Balaban J connectivity index is 0.00000156. The van der Waals surface area contributed by atoms with Crippen LogP contribution in [0, 0.1) is 17.8 Å². The minimum absolute atomic E-state index is 0. The average Bonchev–Trinajstić information content (AvgIpc) is 2.93. The van der Waals surface area contributed by atoms with Gasteiger partial charge in [-0.25, -0.2) is 4.98 Å². The molecule has 0 spiro atoms. The van der Waals surface area contributed by atoms with Crippen molar-refractivity contribution in [3.05, 3.63) is 16.1 Å². The smallest absolute Gasteiger partial charge is 0.223 e. The number of fused-ring (bicyclic) bond motifs is 2. The third kappa shape index (κ3) is 5.31. The van der Waals surface area contributed by atoms with E-state index in [0.29, 0.717) is 24.4 Å². The van der Waals surface area contributed by atoms with Crippen LogP contribution in [0.15, 0.2) is 5.38 Å². The van der Waals surface area contributed by atoms with Gasteiger partial charge in [0.15, 0.2) is 0 Å². The first-order valence-electron chi connectivity index (χ1n) is 8.83. The fourth-order valence-electron chi connectivity index (χ4n) is 4.05. The van der Waals surface area contributed by atoms with Gasteiger partial charge < -0.3 is 11.1 Å². The van der Waals surface area contributed by atoms with Gasteiger partial charge in [0.05, 0.1) is 12.2 Å². The van der Waals surface area contributed by atoms with E-state index in [2.05, 4.69) is 36.5 Å². The zero-order chi connectivity index (χ0) is 16.6. The zero-order valence-electron chi connectivity index (χ0n) is 15.3. The summed E-state index contributed by atoms with van der Waals surface area (Å²) < 4.78 is 0. The zero-order valence-corrected chi connectivity index (χ0v) is 17.7. The van der Waals surface area contributed by atoms with Gasteiger partial charge in [0.1, 0.15) is 5.01 Å². The maximum absolute atomic E-state index is 12.5. The highest BCUT2D eigenvalue weighted by molar-refractivity contribution is 7.09. The number of aromatic nitrogens is 1. The standard InChI is InChI=1S/C18H29N3OS.2ClH/c1-18(2,3)14-10-23-15(21-14)9-20-17(22)13-7-11-5-4-6-12(8-13)16(11)19;;/h10-13,16H,4-9,19H2,1-3H3,(H,20,22);2*1H. The first-order chi connectivity index (χ1) is 10.8. The Morgan fingerprint density at radius 2 is 1.88 bits per heavy atom. The second-order valence-corrected chi connectivity index (χ2v) is 9.23. The number of hydrogen-bond acceptors (Lipinski definition) is 4. The van der Waals surface area contributed by atoms with Crippen LogP contribution in [0.2, 0.25) is 0 Å². The molecule has 2 unspecified atom stereocenters. The van der Waals surface area contributed by atoms with Crippen molar-refractivity contribution >= 4 is 42.1 Å². The highest BCUT2D eigenvalue weighted by Gasteiger charge is 2.40. The van der Waals surface area contributed by atoms with E-state index in [1.807, 2.05) is 0 Å². The molecular formula is C18H31Cl2N3OS. The summed E-state index contributed by atoms with van der Waals surface area (Å²) in [5.41, 5.74) is 7.48. The molecule has 2 bridgehead atoms. The first-order valence-corrected chi connectivity index (χ1v) is 9.70. The summed E-state index contributed by atoms with van der Waals surface area (Å²) in [6, 6.07) is 0.320. The van der Waals surface area contributed by atoms with Gasteiger partial charge in [-0.1, -0.05) is 27.2 Å². The maximum atomic E-state index is 12.5. The fraction of sp³-hybridized carbons (Fsp3) is 0.778. The summed E-state index contributed by atoms with van der Waals surface area (Å²) in [7, 11) is 0. The lowest BCUT2D eigenvalue weighted by atomic mass is 9.65. The number of carbonyl (C=O) groups excluding carboxylic acids is 1. The van der Waals surface area contributed by atoms with Crippen molar-refractivity contribution in [2.24, 2.45) is 23.5 Å². The van der Waals surface area contributed by atoms with Gasteiger partial charge in [-0.2, -0.15) is 0 Å². The fourth-order valence-corrected chi connectivity index (χ4v) is 5.01. The Kier molecular flexibility index (Phi) is 8.19. The van der Waals surface area contributed by atoms with Crippen LogP contribution in [0.3, 0.4) is 0 Å². The van der Waals surface area contributed by atoms with Crippen LogP contribution in [0.5, 0.6) is 0 Å². The molecule has 0 saturated heterocycles. The molecule has 1 amide bonds. The average molecular weight is 408 g/mol. The Morgan fingerprint density at radius 3 is 2.40 bits per heavy atom. The highest BCUT2D eigenvalue weighted by Crippen LogP contribution is 2.41. The second-order valence-electron chi connectivity index (χ2n) is 8.29. The van der Waals surface area contributed by atoms with Crippen molar-refractivity contribution in [3.8, 4) is 0 Å². The monoisotopic (exact) mass is 407 g/mol. The van der Waals surface area contributed by atoms with Crippen LogP contribution in [-0.4, -0.2) is 16.9 Å². The molecule has 3 N–H and O–H groups in total. The molecule has 1 heterocycles. The van der Waals surface area contributed by atoms with E-state index in [1.165, 1.54) is 19.3 Å².